The van der Waals surface area contributed by atoms with E-state index in [2.05, 4.69) is 4.90 Å². The number of sulfonamides is 1. The molecule has 0 unspecified atom stereocenters. The maximum atomic E-state index is 12.4. The van der Waals surface area contributed by atoms with Gasteiger partial charge < -0.3 is 9.80 Å². The van der Waals surface area contributed by atoms with Gasteiger partial charge in [-0.3, -0.25) is 9.10 Å². The maximum absolute atomic E-state index is 12.4. The summed E-state index contributed by atoms with van der Waals surface area (Å²) in [5.41, 5.74) is 0.251. The van der Waals surface area contributed by atoms with Crippen molar-refractivity contribution in [1.29, 1.82) is 0 Å². The first-order valence-electron chi connectivity index (χ1n) is 7.07. The first-order valence-corrected chi connectivity index (χ1v) is 9.68. The molecule has 1 heterocycles. The van der Waals surface area contributed by atoms with Crippen molar-refractivity contribution >= 4 is 44.8 Å². The Labute approximate surface area is 146 Å². The Bertz CT molecular complexity index is 689. The molecule has 23 heavy (non-hydrogen) atoms. The van der Waals surface area contributed by atoms with Crippen molar-refractivity contribution in [1.82, 2.24) is 9.80 Å². The highest BCUT2D eigenvalue weighted by Gasteiger charge is 2.27. The van der Waals surface area contributed by atoms with E-state index in [9.17, 15) is 13.2 Å². The molecule has 9 heteroatoms. The maximum Gasteiger partial charge on any atom is 0.243 e. The molecule has 0 aromatic heterocycles. The van der Waals surface area contributed by atoms with Crippen molar-refractivity contribution in [2.45, 2.75) is 0 Å². The van der Waals surface area contributed by atoms with Gasteiger partial charge in [-0.25, -0.2) is 8.42 Å². The third-order valence-corrected chi connectivity index (χ3v) is 5.38. The van der Waals surface area contributed by atoms with Crippen molar-refractivity contribution in [3.63, 3.8) is 0 Å². The van der Waals surface area contributed by atoms with Gasteiger partial charge in [0.25, 0.3) is 0 Å². The molecule has 1 saturated heterocycles. The molecular weight excluding hydrogens is 361 g/mol. The zero-order valence-electron chi connectivity index (χ0n) is 13.0. The third-order valence-electron chi connectivity index (χ3n) is 3.71. The number of halogens is 2. The van der Waals surface area contributed by atoms with Crippen LogP contribution in [-0.2, 0) is 14.8 Å². The molecular formula is C14H19Cl2N3O3S. The highest BCUT2D eigenvalue weighted by molar-refractivity contribution is 7.92. The van der Waals surface area contributed by atoms with Gasteiger partial charge in [0.15, 0.2) is 0 Å². The topological polar surface area (TPSA) is 60.9 Å². The van der Waals surface area contributed by atoms with E-state index in [1.165, 1.54) is 12.1 Å². The van der Waals surface area contributed by atoms with Crippen molar-refractivity contribution in [3.8, 4) is 0 Å². The SMILES string of the molecule is CN1CCN(C(=O)CN(c2ccc(Cl)cc2Cl)S(C)(=O)=O)CC1. The van der Waals surface area contributed by atoms with Crippen LogP contribution >= 0.6 is 23.2 Å². The number of nitrogens with zero attached hydrogens (tertiary/aromatic N) is 3. The second kappa shape index (κ2) is 7.25. The number of carbonyl (C=O) groups is 1. The number of piperazine rings is 1. The summed E-state index contributed by atoms with van der Waals surface area (Å²) < 4.78 is 25.2. The lowest BCUT2D eigenvalue weighted by Crippen LogP contribution is -2.50. The molecule has 1 aliphatic heterocycles. The molecule has 1 aromatic rings. The summed E-state index contributed by atoms with van der Waals surface area (Å²) in [6, 6.07) is 4.50. The van der Waals surface area contributed by atoms with Gasteiger partial charge in [0.05, 0.1) is 17.0 Å². The molecule has 2 rings (SSSR count). The molecule has 1 aliphatic rings. The summed E-state index contributed by atoms with van der Waals surface area (Å²) in [4.78, 5) is 16.2. The summed E-state index contributed by atoms with van der Waals surface area (Å²) in [6.45, 7) is 2.44. The van der Waals surface area contributed by atoms with Crippen LogP contribution in [0.3, 0.4) is 0 Å². The molecule has 0 saturated carbocycles. The summed E-state index contributed by atoms with van der Waals surface area (Å²) in [7, 11) is -1.67. The zero-order valence-corrected chi connectivity index (χ0v) is 15.3. The van der Waals surface area contributed by atoms with Gasteiger partial charge in [0.2, 0.25) is 15.9 Å². The number of hydrogen-bond donors (Lipinski definition) is 0. The van der Waals surface area contributed by atoms with E-state index >= 15 is 0 Å². The van der Waals surface area contributed by atoms with Gasteiger partial charge in [-0.15, -0.1) is 0 Å². The van der Waals surface area contributed by atoms with Crippen LogP contribution in [-0.4, -0.2) is 70.2 Å². The first kappa shape index (κ1) is 18.3. The lowest BCUT2D eigenvalue weighted by Gasteiger charge is -2.34. The molecule has 0 bridgehead atoms. The second-order valence-electron chi connectivity index (χ2n) is 5.55. The number of amides is 1. The Kier molecular flexibility index (Phi) is 5.78. The van der Waals surface area contributed by atoms with Crippen LogP contribution in [0.1, 0.15) is 0 Å². The lowest BCUT2D eigenvalue weighted by molar-refractivity contribution is -0.131. The Balaban J connectivity index is 2.21. The quantitative estimate of drug-likeness (QED) is 0.795. The molecule has 0 atom stereocenters. The van der Waals surface area contributed by atoms with E-state index in [0.717, 1.165) is 23.7 Å². The fraction of sp³-hybridized carbons (Fsp3) is 0.500. The van der Waals surface area contributed by atoms with Crippen LogP contribution in [0, 0.1) is 0 Å². The standard InChI is InChI=1S/C14H19Cl2N3O3S/c1-17-5-7-18(8-6-17)14(20)10-19(23(2,21)22)13-4-3-11(15)9-12(13)16/h3-4,9H,5-8,10H2,1-2H3. The van der Waals surface area contributed by atoms with Crippen molar-refractivity contribution in [2.75, 3.05) is 50.3 Å². The molecule has 0 spiro atoms. The van der Waals surface area contributed by atoms with Crippen LogP contribution in [0.25, 0.3) is 0 Å². The van der Waals surface area contributed by atoms with E-state index in [1.54, 1.807) is 11.0 Å². The van der Waals surface area contributed by atoms with Crippen LogP contribution < -0.4 is 4.31 Å². The van der Waals surface area contributed by atoms with Crippen LogP contribution in [0.2, 0.25) is 10.0 Å². The van der Waals surface area contributed by atoms with E-state index in [1.807, 2.05) is 7.05 Å². The van der Waals surface area contributed by atoms with Gasteiger partial charge in [-0.2, -0.15) is 0 Å². The molecule has 0 N–H and O–H groups in total. The number of carbonyl (C=O) groups excluding carboxylic acids is 1. The van der Waals surface area contributed by atoms with Gasteiger partial charge in [-0.05, 0) is 25.2 Å². The van der Waals surface area contributed by atoms with Gasteiger partial charge >= 0.3 is 0 Å². The Hall–Kier alpha value is -1.02. The molecule has 1 fully saturated rings. The van der Waals surface area contributed by atoms with Crippen LogP contribution in [0.4, 0.5) is 5.69 Å². The number of likely N-dealkylation sites (N-methyl/N-ethyl adjacent to an activating group) is 1. The van der Waals surface area contributed by atoms with Gasteiger partial charge in [0, 0.05) is 31.2 Å². The molecule has 128 valence electrons. The first-order chi connectivity index (χ1) is 10.7. The summed E-state index contributed by atoms with van der Waals surface area (Å²) >= 11 is 11.9. The molecule has 1 aromatic carbocycles. The Morgan fingerprint density at radius 3 is 2.35 bits per heavy atom. The largest absolute Gasteiger partial charge is 0.339 e. The van der Waals surface area contributed by atoms with Crippen molar-refractivity contribution < 1.29 is 13.2 Å². The minimum atomic E-state index is -3.65. The predicted molar refractivity (Wildman–Crippen MR) is 92.7 cm³/mol. The van der Waals surface area contributed by atoms with Crippen molar-refractivity contribution in [2.24, 2.45) is 0 Å². The van der Waals surface area contributed by atoms with E-state index in [4.69, 9.17) is 23.2 Å². The minimum Gasteiger partial charge on any atom is -0.339 e. The average Bonchev–Trinajstić information content (AvgIpc) is 2.45. The van der Waals surface area contributed by atoms with Crippen LogP contribution in [0.5, 0.6) is 0 Å². The highest BCUT2D eigenvalue weighted by atomic mass is 35.5. The monoisotopic (exact) mass is 379 g/mol. The van der Waals surface area contributed by atoms with E-state index in [-0.39, 0.29) is 23.2 Å². The minimum absolute atomic E-state index is 0.189. The van der Waals surface area contributed by atoms with E-state index < -0.39 is 10.0 Å². The molecule has 0 aliphatic carbocycles. The fourth-order valence-corrected chi connectivity index (χ4v) is 3.77. The molecule has 1 amide bonds. The van der Waals surface area contributed by atoms with E-state index in [0.29, 0.717) is 18.1 Å². The summed E-state index contributed by atoms with van der Waals surface area (Å²) in [5, 5.41) is 0.590. The Morgan fingerprint density at radius 2 is 1.83 bits per heavy atom. The number of rotatable bonds is 4. The predicted octanol–water partition coefficient (Wildman–Crippen LogP) is 1.53. The van der Waals surface area contributed by atoms with Crippen molar-refractivity contribution in [3.05, 3.63) is 28.2 Å². The van der Waals surface area contributed by atoms with Gasteiger partial charge in [-0.1, -0.05) is 23.2 Å². The van der Waals surface area contributed by atoms with Gasteiger partial charge in [0.1, 0.15) is 6.54 Å². The zero-order chi connectivity index (χ0) is 17.2. The second-order valence-corrected chi connectivity index (χ2v) is 8.30. The highest BCUT2D eigenvalue weighted by Crippen LogP contribution is 2.30. The lowest BCUT2D eigenvalue weighted by atomic mass is 10.3. The number of anilines is 1. The summed E-state index contributed by atoms with van der Waals surface area (Å²) in [5.74, 6) is -0.241. The smallest absolute Gasteiger partial charge is 0.243 e. The fourth-order valence-electron chi connectivity index (χ4n) is 2.34. The normalized spacial score (nSPS) is 16.4. The number of benzene rings is 1. The molecule has 6 nitrogen and oxygen atoms in total. The average molecular weight is 380 g/mol. The van der Waals surface area contributed by atoms with Crippen LogP contribution in [0.15, 0.2) is 18.2 Å². The molecule has 0 radical (unpaired) electrons. The third kappa shape index (κ3) is 4.73. The number of hydrogen-bond acceptors (Lipinski definition) is 4. The Morgan fingerprint density at radius 1 is 1.22 bits per heavy atom. The summed E-state index contributed by atoms with van der Waals surface area (Å²) in [6.07, 6.45) is 1.05.